The largest absolute Gasteiger partial charge is 0.458 e. The first kappa shape index (κ1) is 44.7. The summed E-state index contributed by atoms with van der Waals surface area (Å²) in [5.74, 6) is -5.50. The number of nitrogens with zero attached hydrogens (tertiary/aromatic N) is 2. The first-order chi connectivity index (χ1) is 27.3. The number of carbonyl (C=O) groups is 5. The summed E-state index contributed by atoms with van der Waals surface area (Å²) in [6.07, 6.45) is 1.15. The number of benzene rings is 1. The number of likely N-dealkylation sites (N-methyl/N-ethyl adjacent to an activating group) is 1. The van der Waals surface area contributed by atoms with E-state index in [1.54, 1.807) is 53.8 Å². The number of rotatable bonds is 8. The number of nitrogens with one attached hydrogen (secondary N) is 2. The van der Waals surface area contributed by atoms with E-state index in [4.69, 9.17) is 18.9 Å². The smallest absolute Gasteiger partial charge is 0.408 e. The van der Waals surface area contributed by atoms with Gasteiger partial charge in [0, 0.05) is 41.9 Å². The molecule has 58 heavy (non-hydrogen) atoms. The van der Waals surface area contributed by atoms with Gasteiger partial charge in [0.25, 0.3) is 0 Å². The maximum atomic E-state index is 14.5. The second-order valence-electron chi connectivity index (χ2n) is 17.4. The molecule has 13 atom stereocenters. The first-order valence-corrected chi connectivity index (χ1v) is 20.5. The fourth-order valence-electron chi connectivity index (χ4n) is 9.32. The minimum absolute atomic E-state index is 0.0814. The number of aromatic nitrogens is 1. The fourth-order valence-corrected chi connectivity index (χ4v) is 9.32. The first-order valence-electron chi connectivity index (χ1n) is 20.5. The van der Waals surface area contributed by atoms with Crippen LogP contribution in [-0.4, -0.2) is 113 Å². The number of esters is 1. The van der Waals surface area contributed by atoms with Crippen LogP contribution < -0.4 is 10.6 Å². The lowest BCUT2D eigenvalue weighted by molar-refractivity contribution is -0.198. The molecule has 2 amide bonds. The van der Waals surface area contributed by atoms with E-state index in [0.29, 0.717) is 6.42 Å². The third-order valence-electron chi connectivity index (χ3n) is 12.6. The summed E-state index contributed by atoms with van der Waals surface area (Å²) in [6.45, 7) is 13.6. The number of hydrogen-bond donors (Lipinski definition) is 3. The third-order valence-corrected chi connectivity index (χ3v) is 12.6. The van der Waals surface area contributed by atoms with Gasteiger partial charge in [-0.3, -0.25) is 19.4 Å². The van der Waals surface area contributed by atoms with E-state index < -0.39 is 89.3 Å². The van der Waals surface area contributed by atoms with Crippen LogP contribution in [0.25, 0.3) is 17.0 Å². The number of alkyl carbamates (subject to hydrolysis) is 2. The zero-order valence-corrected chi connectivity index (χ0v) is 35.5. The molecule has 3 aliphatic rings. The molecule has 5 rings (SSSR count). The van der Waals surface area contributed by atoms with Crippen molar-refractivity contribution in [2.45, 2.75) is 129 Å². The molecule has 2 saturated heterocycles. The molecule has 2 aliphatic heterocycles. The Morgan fingerprint density at radius 1 is 1.05 bits per heavy atom. The van der Waals surface area contributed by atoms with E-state index in [0.717, 1.165) is 22.9 Å². The molecule has 2 aromatic rings. The van der Waals surface area contributed by atoms with Gasteiger partial charge in [-0.25, -0.2) is 9.59 Å². The van der Waals surface area contributed by atoms with Gasteiger partial charge in [-0.05, 0) is 84.2 Å². The van der Waals surface area contributed by atoms with Gasteiger partial charge >= 0.3 is 18.2 Å². The van der Waals surface area contributed by atoms with Crippen LogP contribution in [0.4, 0.5) is 9.59 Å². The molecule has 14 nitrogen and oxygen atoms in total. The number of aliphatic hydroxyl groups is 1. The maximum absolute atomic E-state index is 14.5. The molecule has 3 N–H and O–H groups in total. The van der Waals surface area contributed by atoms with Crippen molar-refractivity contribution in [1.82, 2.24) is 20.5 Å². The molecule has 0 unspecified atom stereocenters. The number of para-hydroxylation sites is 1. The number of aliphatic hydroxyl groups excluding tert-OH is 1. The van der Waals surface area contributed by atoms with E-state index in [1.165, 1.54) is 6.92 Å². The second-order valence-corrected chi connectivity index (χ2v) is 17.4. The van der Waals surface area contributed by atoms with E-state index >= 15 is 0 Å². The molecule has 0 radical (unpaired) electrons. The van der Waals surface area contributed by atoms with E-state index in [-0.39, 0.29) is 37.1 Å². The third kappa shape index (κ3) is 9.55. The van der Waals surface area contributed by atoms with Gasteiger partial charge in [0.2, 0.25) is 0 Å². The highest BCUT2D eigenvalue weighted by Gasteiger charge is 2.57. The standard InChI is InChI=1S/C44H62N4O10/c1-11-34-44(8)38(47-42(54)58-44)26(4)35(49)25(3)22-43(7,57-41(53)45-18-14-15-29-21-30-16-12-13-17-31(30)46-23-29)39(27(5)36(50)28(6)40(52)56-34)55-33-20-24(2)19-32(37(33)51)48(9)10/h12-17,21,23-28,32-34,37-39,51H,11,18-20,22H2,1-10H3,(H,45,53)(H,47,54)/b15-14+/t24-,25-,26-,27+,28-,32+,33-,34+,37-,38-,39-,43+,44-/m1/s1. The molecule has 1 aliphatic carbocycles. The lowest BCUT2D eigenvalue weighted by Gasteiger charge is -2.47. The number of hydrogen-bond acceptors (Lipinski definition) is 12. The number of pyridine rings is 1. The Labute approximate surface area is 341 Å². The molecule has 14 heteroatoms. The van der Waals surface area contributed by atoms with Crippen molar-refractivity contribution >= 4 is 46.7 Å². The normalized spacial score (nSPS) is 36.5. The minimum atomic E-state index is -1.66. The van der Waals surface area contributed by atoms with Crippen molar-refractivity contribution in [2.75, 3.05) is 20.6 Å². The summed E-state index contributed by atoms with van der Waals surface area (Å²) < 4.78 is 24.8. The number of amides is 2. The summed E-state index contributed by atoms with van der Waals surface area (Å²) in [7, 11) is 3.76. The average Bonchev–Trinajstić information content (AvgIpc) is 3.50. The van der Waals surface area contributed by atoms with Gasteiger partial charge in [0.05, 0.1) is 23.8 Å². The predicted octanol–water partition coefficient (Wildman–Crippen LogP) is 5.48. The lowest BCUT2D eigenvalue weighted by atomic mass is 9.73. The van der Waals surface area contributed by atoms with Crippen molar-refractivity contribution in [1.29, 1.82) is 0 Å². The number of carbonyl (C=O) groups excluding carboxylic acids is 5. The van der Waals surface area contributed by atoms with Crippen molar-refractivity contribution < 1.29 is 48.0 Å². The van der Waals surface area contributed by atoms with Gasteiger partial charge in [-0.1, -0.05) is 65.0 Å². The summed E-state index contributed by atoms with van der Waals surface area (Å²) in [5.41, 5.74) is -1.38. The van der Waals surface area contributed by atoms with E-state index in [1.807, 2.05) is 55.4 Å². The summed E-state index contributed by atoms with van der Waals surface area (Å²) in [4.78, 5) is 75.7. The van der Waals surface area contributed by atoms with Crippen LogP contribution in [0.3, 0.4) is 0 Å². The quantitative estimate of drug-likeness (QED) is 0.174. The fraction of sp³-hybridized carbons (Fsp3) is 0.636. The number of Topliss-reactive ketones (excluding diaryl/α,β-unsaturated/α-hetero) is 2. The van der Waals surface area contributed by atoms with Crippen molar-refractivity contribution in [3.05, 3.63) is 48.2 Å². The van der Waals surface area contributed by atoms with Crippen molar-refractivity contribution in [3.8, 4) is 0 Å². The number of ether oxygens (including phenoxy) is 4. The summed E-state index contributed by atoms with van der Waals surface area (Å²) in [6, 6.07) is 8.60. The van der Waals surface area contributed by atoms with Crippen LogP contribution >= 0.6 is 0 Å². The highest BCUT2D eigenvalue weighted by Crippen LogP contribution is 2.41. The Hall–Kier alpha value is -4.40. The van der Waals surface area contributed by atoms with Crippen molar-refractivity contribution in [2.24, 2.45) is 29.6 Å². The highest BCUT2D eigenvalue weighted by molar-refractivity contribution is 6.00. The Bertz CT molecular complexity index is 1870. The van der Waals surface area contributed by atoms with Crippen LogP contribution in [0.2, 0.25) is 0 Å². The van der Waals surface area contributed by atoms with Crippen LogP contribution in [0.1, 0.15) is 86.6 Å². The second kappa shape index (κ2) is 18.3. The Balaban J connectivity index is 1.51. The van der Waals surface area contributed by atoms with Crippen LogP contribution in [0.15, 0.2) is 42.6 Å². The molecule has 1 saturated carbocycles. The maximum Gasteiger partial charge on any atom is 0.408 e. The van der Waals surface area contributed by atoms with Gasteiger partial charge < -0.3 is 39.6 Å². The van der Waals surface area contributed by atoms with Crippen molar-refractivity contribution in [3.63, 3.8) is 0 Å². The number of ketones is 2. The van der Waals surface area contributed by atoms with E-state index in [2.05, 4.69) is 22.5 Å². The van der Waals surface area contributed by atoms with Gasteiger partial charge in [-0.2, -0.15) is 0 Å². The Kier molecular flexibility index (Phi) is 14.1. The molecular formula is C44H62N4O10. The summed E-state index contributed by atoms with van der Waals surface area (Å²) in [5, 5.41) is 18.2. The zero-order valence-electron chi connectivity index (χ0n) is 35.5. The summed E-state index contributed by atoms with van der Waals surface area (Å²) >= 11 is 0. The predicted molar refractivity (Wildman–Crippen MR) is 217 cm³/mol. The molecule has 3 fully saturated rings. The van der Waals surface area contributed by atoms with E-state index in [9.17, 15) is 29.1 Å². The van der Waals surface area contributed by atoms with Crippen LogP contribution in [0.5, 0.6) is 0 Å². The Morgan fingerprint density at radius 2 is 1.76 bits per heavy atom. The monoisotopic (exact) mass is 806 g/mol. The van der Waals surface area contributed by atoms with Crippen LogP contribution in [-0.2, 0) is 33.3 Å². The molecular weight excluding hydrogens is 745 g/mol. The number of cyclic esters (lactones) is 1. The topological polar surface area (TPSA) is 183 Å². The SMILES string of the molecule is CC[C@@H]1OC(=O)[C@H](C)C(=O)[C@H](C)[C@@H](O[C@@H]2C[C@H](C)C[C@H](N(C)C)[C@H]2O)[C@@](C)(OC(=O)NC/C=C/c2cnc3ccccc3c2)C[C@@H](C)C(=O)[C@@H](C)[C@H]2NC(=O)O[C@]12C. The molecule has 318 valence electrons. The molecule has 0 bridgehead atoms. The average molecular weight is 807 g/mol. The zero-order chi connectivity index (χ0) is 42.7. The van der Waals surface area contributed by atoms with Gasteiger partial charge in [0.15, 0.2) is 11.4 Å². The van der Waals surface area contributed by atoms with Gasteiger partial charge in [0.1, 0.15) is 29.5 Å². The number of fused-ring (bicyclic) bond motifs is 2. The lowest BCUT2D eigenvalue weighted by Crippen LogP contribution is -2.60. The highest BCUT2D eigenvalue weighted by atomic mass is 16.6. The molecule has 3 heterocycles. The molecule has 0 spiro atoms. The molecule has 1 aromatic carbocycles. The molecule has 1 aromatic heterocycles. The van der Waals surface area contributed by atoms with Crippen LogP contribution in [0, 0.1) is 29.6 Å². The Morgan fingerprint density at radius 3 is 2.45 bits per heavy atom. The van der Waals surface area contributed by atoms with Gasteiger partial charge in [-0.15, -0.1) is 0 Å². The minimum Gasteiger partial charge on any atom is -0.458 e.